The Kier molecular flexibility index (Phi) is 3.88. The van der Waals surface area contributed by atoms with Crippen molar-refractivity contribution in [3.8, 4) is 0 Å². The zero-order valence-electron chi connectivity index (χ0n) is 9.97. The standard InChI is InChI=1S/C10H12N4O3S/c1-6-8(9(15)16-2)14-10(18-6)11-4-3-7-12-5-13-17-7/h5H,3-4H2,1-2H3,(H,11,14). The number of rotatable bonds is 5. The second-order valence-electron chi connectivity index (χ2n) is 3.43. The highest BCUT2D eigenvalue weighted by molar-refractivity contribution is 7.15. The van der Waals surface area contributed by atoms with E-state index in [1.165, 1.54) is 24.8 Å². The van der Waals surface area contributed by atoms with E-state index in [4.69, 9.17) is 4.52 Å². The van der Waals surface area contributed by atoms with E-state index in [0.29, 0.717) is 29.7 Å². The summed E-state index contributed by atoms with van der Waals surface area (Å²) >= 11 is 1.41. The van der Waals surface area contributed by atoms with Gasteiger partial charge in [-0.25, -0.2) is 9.78 Å². The van der Waals surface area contributed by atoms with Crippen LogP contribution in [0, 0.1) is 6.92 Å². The number of anilines is 1. The molecule has 0 aliphatic heterocycles. The van der Waals surface area contributed by atoms with Crippen LogP contribution in [-0.4, -0.2) is 34.7 Å². The number of carbonyl (C=O) groups excluding carboxylic acids is 1. The van der Waals surface area contributed by atoms with Gasteiger partial charge in [0.05, 0.1) is 7.11 Å². The minimum Gasteiger partial charge on any atom is -0.464 e. The van der Waals surface area contributed by atoms with Crippen LogP contribution in [0.2, 0.25) is 0 Å². The van der Waals surface area contributed by atoms with E-state index in [1.54, 1.807) is 0 Å². The van der Waals surface area contributed by atoms with Crippen LogP contribution in [0.4, 0.5) is 5.13 Å². The van der Waals surface area contributed by atoms with Crippen LogP contribution >= 0.6 is 11.3 Å². The van der Waals surface area contributed by atoms with Crippen LogP contribution in [-0.2, 0) is 11.2 Å². The second-order valence-corrected chi connectivity index (χ2v) is 4.63. The second kappa shape index (κ2) is 5.58. The van der Waals surface area contributed by atoms with E-state index in [9.17, 15) is 4.79 Å². The molecule has 0 saturated heterocycles. The predicted molar refractivity (Wildman–Crippen MR) is 64.7 cm³/mol. The summed E-state index contributed by atoms with van der Waals surface area (Å²) in [5.41, 5.74) is 0.350. The number of aryl methyl sites for hydroxylation is 1. The lowest BCUT2D eigenvalue weighted by Crippen LogP contribution is -2.06. The van der Waals surface area contributed by atoms with Gasteiger partial charge in [0.2, 0.25) is 5.89 Å². The topological polar surface area (TPSA) is 90.1 Å². The Bertz CT molecular complexity index is 523. The molecule has 1 N–H and O–H groups in total. The molecule has 0 unspecified atom stereocenters. The van der Waals surface area contributed by atoms with Gasteiger partial charge in [-0.3, -0.25) is 0 Å². The number of hydrogen-bond acceptors (Lipinski definition) is 8. The third-order valence-electron chi connectivity index (χ3n) is 2.20. The van der Waals surface area contributed by atoms with Crippen molar-refractivity contribution in [3.05, 3.63) is 22.8 Å². The first kappa shape index (κ1) is 12.5. The van der Waals surface area contributed by atoms with E-state index in [1.807, 2.05) is 6.92 Å². The summed E-state index contributed by atoms with van der Waals surface area (Å²) in [7, 11) is 1.34. The molecule has 0 aliphatic rings. The molecule has 2 aromatic heterocycles. The maximum Gasteiger partial charge on any atom is 0.357 e. The van der Waals surface area contributed by atoms with Crippen LogP contribution in [0.15, 0.2) is 10.9 Å². The van der Waals surface area contributed by atoms with Gasteiger partial charge in [-0.2, -0.15) is 4.98 Å². The van der Waals surface area contributed by atoms with Crippen LogP contribution in [0.5, 0.6) is 0 Å². The fourth-order valence-electron chi connectivity index (χ4n) is 1.34. The number of thiazole rings is 1. The number of nitrogens with zero attached hydrogens (tertiary/aromatic N) is 3. The minimum atomic E-state index is -0.422. The molecule has 0 amide bonds. The van der Waals surface area contributed by atoms with Crippen molar-refractivity contribution in [1.29, 1.82) is 0 Å². The maximum absolute atomic E-state index is 11.4. The Morgan fingerprint density at radius 2 is 2.44 bits per heavy atom. The van der Waals surface area contributed by atoms with Crippen molar-refractivity contribution >= 4 is 22.4 Å². The quantitative estimate of drug-likeness (QED) is 0.817. The van der Waals surface area contributed by atoms with Gasteiger partial charge >= 0.3 is 5.97 Å². The third kappa shape index (κ3) is 2.83. The normalized spacial score (nSPS) is 10.3. The molecule has 0 atom stereocenters. The minimum absolute atomic E-state index is 0.350. The van der Waals surface area contributed by atoms with E-state index in [2.05, 4.69) is 25.2 Å². The molecule has 0 fully saturated rings. The number of hydrogen-bond donors (Lipinski definition) is 1. The van der Waals surface area contributed by atoms with Crippen molar-refractivity contribution in [1.82, 2.24) is 15.1 Å². The molecule has 7 nitrogen and oxygen atoms in total. The van der Waals surface area contributed by atoms with Gasteiger partial charge in [-0.05, 0) is 6.92 Å². The summed E-state index contributed by atoms with van der Waals surface area (Å²) in [6.07, 6.45) is 1.96. The Morgan fingerprint density at radius 3 is 3.11 bits per heavy atom. The molecule has 8 heteroatoms. The average molecular weight is 268 g/mol. The Labute approximate surface area is 107 Å². The lowest BCUT2D eigenvalue weighted by Gasteiger charge is -1.98. The summed E-state index contributed by atoms with van der Waals surface area (Å²) in [5.74, 6) is 0.137. The molecule has 0 saturated carbocycles. The lowest BCUT2D eigenvalue weighted by atomic mass is 10.4. The molecule has 0 radical (unpaired) electrons. The Hall–Kier alpha value is -1.96. The van der Waals surface area contributed by atoms with E-state index >= 15 is 0 Å². The van der Waals surface area contributed by atoms with Crippen molar-refractivity contribution in [2.75, 3.05) is 19.0 Å². The largest absolute Gasteiger partial charge is 0.464 e. The monoisotopic (exact) mass is 268 g/mol. The Morgan fingerprint density at radius 1 is 1.61 bits per heavy atom. The number of carbonyl (C=O) groups is 1. The van der Waals surface area contributed by atoms with Gasteiger partial charge in [-0.15, -0.1) is 11.3 Å². The van der Waals surface area contributed by atoms with Gasteiger partial charge in [0.1, 0.15) is 0 Å². The highest BCUT2D eigenvalue weighted by Gasteiger charge is 2.15. The number of methoxy groups -OCH3 is 1. The van der Waals surface area contributed by atoms with Gasteiger partial charge in [0.25, 0.3) is 0 Å². The van der Waals surface area contributed by atoms with Crippen molar-refractivity contribution < 1.29 is 14.1 Å². The summed E-state index contributed by atoms with van der Waals surface area (Å²) < 4.78 is 9.50. The molecule has 0 aliphatic carbocycles. The highest BCUT2D eigenvalue weighted by atomic mass is 32.1. The Balaban J connectivity index is 1.92. The first-order chi connectivity index (χ1) is 8.70. The fourth-order valence-corrected chi connectivity index (χ4v) is 2.17. The average Bonchev–Trinajstić information content (AvgIpc) is 2.98. The van der Waals surface area contributed by atoms with Crippen LogP contribution < -0.4 is 5.32 Å². The number of aromatic nitrogens is 3. The highest BCUT2D eigenvalue weighted by Crippen LogP contribution is 2.22. The van der Waals surface area contributed by atoms with E-state index in [-0.39, 0.29) is 0 Å². The lowest BCUT2D eigenvalue weighted by molar-refractivity contribution is 0.0594. The molecule has 0 bridgehead atoms. The van der Waals surface area contributed by atoms with E-state index < -0.39 is 5.97 Å². The first-order valence-electron chi connectivity index (χ1n) is 5.26. The molecular formula is C10H12N4O3S. The number of nitrogens with one attached hydrogen (secondary N) is 1. The number of ether oxygens (including phenoxy) is 1. The zero-order valence-corrected chi connectivity index (χ0v) is 10.8. The number of esters is 1. The van der Waals surface area contributed by atoms with Gasteiger partial charge in [-0.1, -0.05) is 5.16 Å². The molecule has 2 rings (SSSR count). The maximum atomic E-state index is 11.4. The zero-order chi connectivity index (χ0) is 13.0. The van der Waals surface area contributed by atoms with Crippen molar-refractivity contribution in [2.45, 2.75) is 13.3 Å². The van der Waals surface area contributed by atoms with Crippen molar-refractivity contribution in [2.24, 2.45) is 0 Å². The first-order valence-corrected chi connectivity index (χ1v) is 6.07. The summed E-state index contributed by atoms with van der Waals surface area (Å²) in [6.45, 7) is 2.43. The van der Waals surface area contributed by atoms with Gasteiger partial charge in [0.15, 0.2) is 17.2 Å². The smallest absolute Gasteiger partial charge is 0.357 e. The fraction of sp³-hybridized carbons (Fsp3) is 0.400. The summed E-state index contributed by atoms with van der Waals surface area (Å²) in [5, 5.41) is 7.28. The molecule has 2 aromatic rings. The SMILES string of the molecule is COC(=O)c1nc(NCCc2ncno2)sc1C. The molecule has 0 aromatic carbocycles. The van der Waals surface area contributed by atoms with Crippen LogP contribution in [0.1, 0.15) is 21.3 Å². The molecule has 18 heavy (non-hydrogen) atoms. The third-order valence-corrected chi connectivity index (χ3v) is 3.13. The van der Waals surface area contributed by atoms with E-state index in [0.717, 1.165) is 4.88 Å². The molecule has 2 heterocycles. The van der Waals surface area contributed by atoms with Crippen LogP contribution in [0.3, 0.4) is 0 Å². The van der Waals surface area contributed by atoms with Gasteiger partial charge in [0, 0.05) is 17.8 Å². The molecule has 0 spiro atoms. The predicted octanol–water partition coefficient (Wildman–Crippen LogP) is 1.28. The summed E-state index contributed by atoms with van der Waals surface area (Å²) in [4.78, 5) is 20.3. The summed E-state index contributed by atoms with van der Waals surface area (Å²) in [6, 6.07) is 0. The van der Waals surface area contributed by atoms with Crippen LogP contribution in [0.25, 0.3) is 0 Å². The molecular weight excluding hydrogens is 256 g/mol. The van der Waals surface area contributed by atoms with Crippen molar-refractivity contribution in [3.63, 3.8) is 0 Å². The molecule has 96 valence electrons. The van der Waals surface area contributed by atoms with Gasteiger partial charge < -0.3 is 14.6 Å².